The van der Waals surface area contributed by atoms with E-state index in [0.29, 0.717) is 5.75 Å². The molecule has 0 spiro atoms. The lowest BCUT2D eigenvalue weighted by atomic mass is 10.2. The molecule has 8 nitrogen and oxygen atoms in total. The fourth-order valence-electron chi connectivity index (χ4n) is 3.90. The van der Waals surface area contributed by atoms with Crippen LogP contribution in [0, 0.1) is 6.92 Å². The molecule has 0 aliphatic heterocycles. The molecule has 0 saturated carbocycles. The number of allylic oxidation sites excluding steroid dienone is 2. The van der Waals surface area contributed by atoms with Gasteiger partial charge >= 0.3 is 0 Å². The van der Waals surface area contributed by atoms with Gasteiger partial charge in [-0.15, -0.1) is 11.3 Å². The molecule has 2 aromatic heterocycles. The highest BCUT2D eigenvalue weighted by molar-refractivity contribution is 7.86. The smallest absolute Gasteiger partial charge is 0.297 e. The van der Waals surface area contributed by atoms with Crippen LogP contribution in [0.5, 0.6) is 5.75 Å². The van der Waals surface area contributed by atoms with Crippen molar-refractivity contribution in [2.75, 3.05) is 32.2 Å². The van der Waals surface area contributed by atoms with Crippen molar-refractivity contribution in [2.45, 2.75) is 56.8 Å². The van der Waals surface area contributed by atoms with Crippen molar-refractivity contribution < 1.29 is 21.8 Å². The van der Waals surface area contributed by atoms with Crippen LogP contribution in [0.25, 0.3) is 22.4 Å². The van der Waals surface area contributed by atoms with Gasteiger partial charge in [-0.1, -0.05) is 56.7 Å². The lowest BCUT2D eigenvalue weighted by molar-refractivity contribution is 0.0781. The molecule has 0 aliphatic rings. The van der Waals surface area contributed by atoms with Gasteiger partial charge in [-0.2, -0.15) is 8.42 Å². The molecule has 1 atom stereocenters. The van der Waals surface area contributed by atoms with Crippen molar-refractivity contribution in [3.8, 4) is 5.75 Å². The normalized spacial score (nSPS) is 13.6. The van der Waals surface area contributed by atoms with Crippen LogP contribution in [-0.2, 0) is 18.7 Å². The van der Waals surface area contributed by atoms with E-state index in [1.807, 2.05) is 86.8 Å². The van der Waals surface area contributed by atoms with Gasteiger partial charge in [0.1, 0.15) is 29.3 Å². The molecule has 0 N–H and O–H groups in total. The Labute approximate surface area is 272 Å². The minimum atomic E-state index is -3.96. The Bertz CT molecular complexity index is 1740. The number of anilines is 1. The molecule has 45 heavy (non-hydrogen) atoms. The van der Waals surface area contributed by atoms with E-state index in [-0.39, 0.29) is 23.1 Å². The number of aryl methyl sites for hydroxylation is 1. The van der Waals surface area contributed by atoms with Crippen LogP contribution in [0.15, 0.2) is 77.8 Å². The van der Waals surface area contributed by atoms with E-state index in [2.05, 4.69) is 38.8 Å². The highest BCUT2D eigenvalue weighted by Crippen LogP contribution is 2.37. The van der Waals surface area contributed by atoms with E-state index in [1.54, 1.807) is 35.6 Å². The number of rotatable bonds is 13. The van der Waals surface area contributed by atoms with Crippen molar-refractivity contribution in [3.63, 3.8) is 0 Å². The number of fused-ring (bicyclic) bond motifs is 1. The van der Waals surface area contributed by atoms with Gasteiger partial charge in [-0.25, -0.2) is 9.97 Å². The van der Waals surface area contributed by atoms with Crippen LogP contribution in [0.1, 0.15) is 36.9 Å². The first-order chi connectivity index (χ1) is 21.1. The van der Waals surface area contributed by atoms with Crippen LogP contribution in [-0.4, -0.2) is 60.1 Å². The van der Waals surface area contributed by atoms with Gasteiger partial charge in [0.2, 0.25) is 0 Å². The number of benzene rings is 2. The third-order valence-electron chi connectivity index (χ3n) is 7.70. The molecule has 0 bridgehead atoms. The Morgan fingerprint density at radius 3 is 2.33 bits per heavy atom. The van der Waals surface area contributed by atoms with Crippen molar-refractivity contribution in [3.05, 3.63) is 89.1 Å². The van der Waals surface area contributed by atoms with Crippen LogP contribution < -0.4 is 9.64 Å². The summed E-state index contributed by atoms with van der Waals surface area (Å²) < 4.78 is 45.0. The van der Waals surface area contributed by atoms with Gasteiger partial charge in [0, 0.05) is 20.3 Å². The lowest BCUT2D eigenvalue weighted by Gasteiger charge is -2.37. The zero-order chi connectivity index (χ0) is 32.8. The highest BCUT2D eigenvalue weighted by Gasteiger charge is 2.38. The minimum Gasteiger partial charge on any atom is -0.486 e. The molecule has 0 aliphatic carbocycles. The summed E-state index contributed by atoms with van der Waals surface area (Å²) >= 11 is 1.55. The summed E-state index contributed by atoms with van der Waals surface area (Å²) in [5, 5.41) is 0.846. The average Bonchev–Trinajstić information content (AvgIpc) is 3.39. The number of nitrogens with zero attached hydrogens (tertiary/aromatic N) is 3. The molecule has 4 aromatic rings. The molecule has 0 saturated heterocycles. The number of pyridine rings is 1. The maximum atomic E-state index is 12.9. The molecular formula is C34H43N3O5S2Si. The molecule has 4 rings (SSSR count). The maximum absolute atomic E-state index is 12.9. The summed E-state index contributed by atoms with van der Waals surface area (Å²) in [6.45, 7) is 12.7. The van der Waals surface area contributed by atoms with Crippen LogP contribution in [0.4, 0.5) is 5.82 Å². The largest absolute Gasteiger partial charge is 0.486 e. The van der Waals surface area contributed by atoms with E-state index in [0.717, 1.165) is 32.2 Å². The van der Waals surface area contributed by atoms with Gasteiger partial charge in [0.15, 0.2) is 8.32 Å². The summed E-state index contributed by atoms with van der Waals surface area (Å²) in [7, 11) is -2.16. The van der Waals surface area contributed by atoms with Crippen molar-refractivity contribution in [1.82, 2.24) is 9.97 Å². The summed E-state index contributed by atoms with van der Waals surface area (Å²) in [4.78, 5) is 11.2. The van der Waals surface area contributed by atoms with Crippen molar-refractivity contribution in [2.24, 2.45) is 0 Å². The third-order valence-corrected chi connectivity index (χ3v) is 14.5. The Kier molecular flexibility index (Phi) is 11.0. The number of hydrogen-bond acceptors (Lipinski definition) is 9. The number of aromatic nitrogens is 2. The second-order valence-corrected chi connectivity index (χ2v) is 20.1. The molecular weight excluding hydrogens is 623 g/mol. The Balaban J connectivity index is 1.47. The number of thiazole rings is 1. The summed E-state index contributed by atoms with van der Waals surface area (Å²) in [6, 6.07) is 16.3. The molecule has 2 aromatic carbocycles. The van der Waals surface area contributed by atoms with Crippen molar-refractivity contribution in [1.29, 1.82) is 0 Å². The zero-order valence-electron chi connectivity index (χ0n) is 27.3. The maximum Gasteiger partial charge on any atom is 0.297 e. The summed E-state index contributed by atoms with van der Waals surface area (Å²) in [6.07, 6.45) is 9.07. The topological polar surface area (TPSA) is 90.9 Å². The molecule has 1 unspecified atom stereocenters. The monoisotopic (exact) mass is 665 g/mol. The van der Waals surface area contributed by atoms with E-state index in [1.165, 1.54) is 0 Å². The molecule has 0 radical (unpaired) electrons. The summed E-state index contributed by atoms with van der Waals surface area (Å²) in [5.41, 5.74) is 2.83. The highest BCUT2D eigenvalue weighted by atomic mass is 32.2. The fraction of sp³-hybridized carbons (Fsp3) is 0.353. The number of hydrogen-bond donors (Lipinski definition) is 0. The third kappa shape index (κ3) is 9.57. The van der Waals surface area contributed by atoms with Crippen molar-refractivity contribution >= 4 is 58.0 Å². The number of ether oxygens (including phenoxy) is 1. The minimum absolute atomic E-state index is 0.0133. The predicted octanol–water partition coefficient (Wildman–Crippen LogP) is 7.97. The van der Waals surface area contributed by atoms with E-state index < -0.39 is 24.5 Å². The van der Waals surface area contributed by atoms with Crippen LogP contribution in [0.2, 0.25) is 18.1 Å². The fourth-order valence-corrected chi connectivity index (χ4v) is 6.78. The van der Waals surface area contributed by atoms with E-state index >= 15 is 0 Å². The Morgan fingerprint density at radius 2 is 1.69 bits per heavy atom. The predicted molar refractivity (Wildman–Crippen MR) is 188 cm³/mol. The van der Waals surface area contributed by atoms with Gasteiger partial charge in [0.05, 0.1) is 21.7 Å². The quantitative estimate of drug-likeness (QED) is 0.0807. The van der Waals surface area contributed by atoms with E-state index in [4.69, 9.17) is 18.3 Å². The SMILES string of the molecule is Cc1ccc(S(=O)(=O)OCC(CO[Si](C)(C)C(C)(C)C)Oc2ccc3nc(C=CC=Cc4ccc(N(C)C)nc4)sc3c2)cc1. The standard InChI is InChI=1S/C34H43N3O5S2Si/c1-25-13-17-29(18-14-25)44(38,39)40-23-28(24-41-45(7,8)34(2,3)4)42-27-16-19-30-31(21-27)43-33(36-30)12-10-9-11-26-15-20-32(35-22-26)37(5)6/h9-22,28H,23-24H2,1-8H3. The average molecular weight is 666 g/mol. The Hall–Kier alpha value is -3.35. The molecule has 240 valence electrons. The first-order valence-corrected chi connectivity index (χ1v) is 19.9. The van der Waals surface area contributed by atoms with Gasteiger partial charge in [0.25, 0.3) is 10.1 Å². The van der Waals surface area contributed by atoms with Crippen LogP contribution >= 0.6 is 11.3 Å². The molecule has 11 heteroatoms. The molecule has 0 amide bonds. The first-order valence-electron chi connectivity index (χ1n) is 14.8. The van der Waals surface area contributed by atoms with Gasteiger partial charge in [-0.05, 0) is 79.2 Å². The van der Waals surface area contributed by atoms with Gasteiger partial charge in [-0.3, -0.25) is 4.18 Å². The zero-order valence-corrected chi connectivity index (χ0v) is 29.9. The second-order valence-electron chi connectivity index (χ2n) is 12.6. The van der Waals surface area contributed by atoms with E-state index in [9.17, 15) is 8.42 Å². The Morgan fingerprint density at radius 1 is 0.978 bits per heavy atom. The second kappa shape index (κ2) is 14.4. The lowest BCUT2D eigenvalue weighted by Crippen LogP contribution is -2.44. The summed E-state index contributed by atoms with van der Waals surface area (Å²) in [5.74, 6) is 1.50. The molecule has 2 heterocycles. The van der Waals surface area contributed by atoms with Crippen LogP contribution in [0.3, 0.4) is 0 Å². The first kappa shape index (κ1) is 34.5. The van der Waals surface area contributed by atoms with Gasteiger partial charge < -0.3 is 14.1 Å². The molecule has 0 fully saturated rings.